The Labute approximate surface area is 121 Å². The van der Waals surface area contributed by atoms with Crippen molar-refractivity contribution in [2.45, 2.75) is 13.1 Å². The second-order valence-electron chi connectivity index (χ2n) is 4.80. The molecular formula is C14H24N3OS+. The molecule has 1 aromatic rings. The first-order chi connectivity index (χ1) is 9.11. The molecule has 0 bridgehead atoms. The van der Waals surface area contributed by atoms with Gasteiger partial charge in [-0.25, -0.2) is 0 Å². The smallest absolute Gasteiger partial charge is 0.166 e. The molecule has 0 aliphatic rings. The van der Waals surface area contributed by atoms with Crippen molar-refractivity contribution in [3.05, 3.63) is 35.4 Å². The third-order valence-electron chi connectivity index (χ3n) is 2.63. The lowest BCUT2D eigenvalue weighted by atomic mass is 10.1. The van der Waals surface area contributed by atoms with E-state index in [1.54, 1.807) is 7.11 Å². The zero-order valence-electron chi connectivity index (χ0n) is 12.0. The lowest BCUT2D eigenvalue weighted by Gasteiger charge is -2.11. The quantitative estimate of drug-likeness (QED) is 0.484. The average Bonchev–Trinajstić information content (AvgIpc) is 2.37. The Kier molecular flexibility index (Phi) is 7.40. The molecule has 4 nitrogen and oxygen atoms in total. The van der Waals surface area contributed by atoms with Crippen LogP contribution in [0.3, 0.4) is 0 Å². The lowest BCUT2D eigenvalue weighted by molar-refractivity contribution is -0.872. The van der Waals surface area contributed by atoms with E-state index in [1.807, 2.05) is 0 Å². The fourth-order valence-corrected chi connectivity index (χ4v) is 1.87. The Hall–Kier alpha value is -1.17. The number of benzene rings is 1. The Balaban J connectivity index is 2.31. The van der Waals surface area contributed by atoms with Crippen LogP contribution in [0.25, 0.3) is 0 Å². The molecule has 0 amide bonds. The summed E-state index contributed by atoms with van der Waals surface area (Å²) in [5, 5.41) is 6.93. The van der Waals surface area contributed by atoms with E-state index < -0.39 is 0 Å². The predicted octanol–water partition coefficient (Wildman–Crippen LogP) is -0.0584. The number of quaternary nitrogens is 1. The van der Waals surface area contributed by atoms with E-state index in [0.717, 1.165) is 19.6 Å². The summed E-state index contributed by atoms with van der Waals surface area (Å²) in [4.78, 5) is 1.43. The minimum atomic E-state index is 0.656. The Bertz CT molecular complexity index is 379. The SMILES string of the molecule is COCCNC(=S)NCc1ccc(C[NH+](C)C)cc1. The Morgan fingerprint density at radius 2 is 1.79 bits per heavy atom. The molecular weight excluding hydrogens is 258 g/mol. The van der Waals surface area contributed by atoms with Gasteiger partial charge in [0.05, 0.1) is 20.7 Å². The van der Waals surface area contributed by atoms with Gasteiger partial charge in [0, 0.05) is 25.8 Å². The number of hydrogen-bond donors (Lipinski definition) is 3. The molecule has 0 radical (unpaired) electrons. The highest BCUT2D eigenvalue weighted by Gasteiger charge is 1.99. The molecule has 0 fully saturated rings. The van der Waals surface area contributed by atoms with E-state index in [1.165, 1.54) is 16.0 Å². The topological polar surface area (TPSA) is 37.7 Å². The van der Waals surface area contributed by atoms with Gasteiger partial charge in [0.2, 0.25) is 0 Å². The van der Waals surface area contributed by atoms with Crippen molar-refractivity contribution in [3.8, 4) is 0 Å². The van der Waals surface area contributed by atoms with Gasteiger partial charge in [0.1, 0.15) is 6.54 Å². The van der Waals surface area contributed by atoms with Crippen LogP contribution in [-0.2, 0) is 17.8 Å². The molecule has 1 aromatic carbocycles. The summed E-state index contributed by atoms with van der Waals surface area (Å²) in [6, 6.07) is 8.63. The minimum absolute atomic E-state index is 0.656. The van der Waals surface area contributed by atoms with Crippen LogP contribution < -0.4 is 15.5 Å². The molecule has 106 valence electrons. The molecule has 0 atom stereocenters. The van der Waals surface area contributed by atoms with E-state index in [0.29, 0.717) is 11.7 Å². The number of hydrogen-bond acceptors (Lipinski definition) is 2. The predicted molar refractivity (Wildman–Crippen MR) is 82.3 cm³/mol. The highest BCUT2D eigenvalue weighted by Crippen LogP contribution is 2.03. The molecule has 0 saturated carbocycles. The highest BCUT2D eigenvalue weighted by atomic mass is 32.1. The van der Waals surface area contributed by atoms with Crippen molar-refractivity contribution in [3.63, 3.8) is 0 Å². The zero-order valence-corrected chi connectivity index (χ0v) is 12.8. The third-order valence-corrected chi connectivity index (χ3v) is 2.91. The van der Waals surface area contributed by atoms with Gasteiger partial charge in [-0.15, -0.1) is 0 Å². The summed E-state index contributed by atoms with van der Waals surface area (Å²) in [6.07, 6.45) is 0. The van der Waals surface area contributed by atoms with Crippen LogP contribution in [0.15, 0.2) is 24.3 Å². The Morgan fingerprint density at radius 1 is 1.16 bits per heavy atom. The zero-order chi connectivity index (χ0) is 14.1. The monoisotopic (exact) mass is 282 g/mol. The maximum Gasteiger partial charge on any atom is 0.166 e. The first kappa shape index (κ1) is 15.9. The van der Waals surface area contributed by atoms with E-state index in [-0.39, 0.29) is 0 Å². The molecule has 0 spiro atoms. The van der Waals surface area contributed by atoms with E-state index in [2.05, 4.69) is 49.0 Å². The van der Waals surface area contributed by atoms with Crippen LogP contribution in [0.5, 0.6) is 0 Å². The second kappa shape index (κ2) is 8.85. The highest BCUT2D eigenvalue weighted by molar-refractivity contribution is 7.80. The van der Waals surface area contributed by atoms with E-state index >= 15 is 0 Å². The first-order valence-electron chi connectivity index (χ1n) is 6.49. The maximum atomic E-state index is 5.17. The van der Waals surface area contributed by atoms with Gasteiger partial charge in [0.15, 0.2) is 5.11 Å². The standard InChI is InChI=1S/C14H23N3OS/c1-17(2)11-13-6-4-12(5-7-13)10-16-14(19)15-8-9-18-3/h4-7H,8-11H2,1-3H3,(H2,15,16,19)/p+1. The summed E-state index contributed by atoms with van der Waals surface area (Å²) in [5.74, 6) is 0. The van der Waals surface area contributed by atoms with Crippen LogP contribution in [0.2, 0.25) is 0 Å². The fourth-order valence-electron chi connectivity index (χ4n) is 1.69. The molecule has 1 rings (SSSR count). The maximum absolute atomic E-state index is 5.17. The van der Waals surface area contributed by atoms with Gasteiger partial charge >= 0.3 is 0 Å². The molecule has 0 aromatic heterocycles. The molecule has 19 heavy (non-hydrogen) atoms. The second-order valence-corrected chi connectivity index (χ2v) is 5.21. The number of ether oxygens (including phenoxy) is 1. The van der Waals surface area contributed by atoms with Gasteiger partial charge in [-0.2, -0.15) is 0 Å². The van der Waals surface area contributed by atoms with Gasteiger partial charge < -0.3 is 20.3 Å². The number of nitrogens with one attached hydrogen (secondary N) is 3. The fraction of sp³-hybridized carbons (Fsp3) is 0.500. The van der Waals surface area contributed by atoms with Crippen LogP contribution in [-0.4, -0.2) is 39.5 Å². The molecule has 0 aliphatic heterocycles. The first-order valence-corrected chi connectivity index (χ1v) is 6.90. The van der Waals surface area contributed by atoms with Crippen LogP contribution >= 0.6 is 12.2 Å². The largest absolute Gasteiger partial charge is 0.383 e. The molecule has 0 unspecified atom stereocenters. The van der Waals surface area contributed by atoms with Crippen molar-refractivity contribution in [1.82, 2.24) is 10.6 Å². The number of rotatable bonds is 7. The summed E-state index contributed by atoms with van der Waals surface area (Å²) >= 11 is 5.17. The minimum Gasteiger partial charge on any atom is -0.383 e. The molecule has 0 saturated heterocycles. The summed E-state index contributed by atoms with van der Waals surface area (Å²) in [6.45, 7) is 3.18. The van der Waals surface area contributed by atoms with Gasteiger partial charge in [-0.05, 0) is 17.8 Å². The normalized spacial score (nSPS) is 10.5. The van der Waals surface area contributed by atoms with Crippen molar-refractivity contribution in [2.24, 2.45) is 0 Å². The molecule has 0 heterocycles. The van der Waals surface area contributed by atoms with E-state index in [9.17, 15) is 0 Å². The van der Waals surface area contributed by atoms with Crippen molar-refractivity contribution in [2.75, 3.05) is 34.4 Å². The molecule has 0 aliphatic carbocycles. The lowest BCUT2D eigenvalue weighted by Crippen LogP contribution is -3.04. The van der Waals surface area contributed by atoms with Crippen molar-refractivity contribution in [1.29, 1.82) is 0 Å². The Morgan fingerprint density at radius 3 is 2.37 bits per heavy atom. The van der Waals surface area contributed by atoms with Crippen LogP contribution in [0.1, 0.15) is 11.1 Å². The van der Waals surface area contributed by atoms with Gasteiger partial charge in [-0.1, -0.05) is 24.3 Å². The number of methoxy groups -OCH3 is 1. The van der Waals surface area contributed by atoms with Crippen molar-refractivity contribution >= 4 is 17.3 Å². The average molecular weight is 282 g/mol. The number of thiocarbonyl (C=S) groups is 1. The van der Waals surface area contributed by atoms with Gasteiger partial charge in [0.25, 0.3) is 0 Å². The molecule has 3 N–H and O–H groups in total. The summed E-state index contributed by atoms with van der Waals surface area (Å²) in [7, 11) is 5.98. The summed E-state index contributed by atoms with van der Waals surface area (Å²) in [5.41, 5.74) is 2.58. The van der Waals surface area contributed by atoms with Gasteiger partial charge in [-0.3, -0.25) is 0 Å². The van der Waals surface area contributed by atoms with Crippen LogP contribution in [0.4, 0.5) is 0 Å². The van der Waals surface area contributed by atoms with Crippen molar-refractivity contribution < 1.29 is 9.64 Å². The third kappa shape index (κ3) is 7.10. The molecule has 5 heteroatoms. The van der Waals surface area contributed by atoms with E-state index in [4.69, 9.17) is 17.0 Å². The van der Waals surface area contributed by atoms with Crippen LogP contribution in [0, 0.1) is 0 Å². The summed E-state index contributed by atoms with van der Waals surface area (Å²) < 4.78 is 4.95.